The Labute approximate surface area is 360 Å². The molecule has 13 nitrogen and oxygen atoms in total. The van der Waals surface area contributed by atoms with Crippen molar-refractivity contribution in [1.29, 1.82) is 0 Å². The van der Waals surface area contributed by atoms with Crippen molar-refractivity contribution in [2.75, 3.05) is 36.9 Å². The van der Waals surface area contributed by atoms with Crippen LogP contribution in [0.4, 0.5) is 15.8 Å². The molecular weight excluding hydrogens is 843 g/mol. The van der Waals surface area contributed by atoms with Gasteiger partial charge in [-0.3, -0.25) is 9.59 Å². The second-order valence-electron chi connectivity index (χ2n) is 15.6. The molecule has 4 N–H and O–H groups in total. The zero-order valence-electron chi connectivity index (χ0n) is 33.9. The van der Waals surface area contributed by atoms with Crippen LogP contribution in [-0.4, -0.2) is 77.3 Å². The second-order valence-corrected chi connectivity index (χ2v) is 16.4. The van der Waals surface area contributed by atoms with Gasteiger partial charge in [0.2, 0.25) is 5.88 Å². The van der Waals surface area contributed by atoms with Crippen molar-refractivity contribution in [3.05, 3.63) is 118 Å². The molecule has 4 aromatic heterocycles. The first kappa shape index (κ1) is 41.7. The van der Waals surface area contributed by atoms with Crippen LogP contribution in [0.3, 0.4) is 0 Å². The highest BCUT2D eigenvalue weighted by atomic mass is 79.9. The predicted octanol–water partition coefficient (Wildman–Crippen LogP) is 8.88. The highest BCUT2D eigenvalue weighted by Crippen LogP contribution is 2.36. The first-order valence-corrected chi connectivity index (χ1v) is 21.2. The highest BCUT2D eigenvalue weighted by Gasteiger charge is 2.27. The molecule has 2 aliphatic carbocycles. The van der Waals surface area contributed by atoms with Gasteiger partial charge in [-0.05, 0) is 109 Å². The molecule has 0 radical (unpaired) electrons. The quantitative estimate of drug-likeness (QED) is 0.0684. The molecule has 0 aliphatic heterocycles. The minimum absolute atomic E-state index is 0.0369. The number of nitrogens with zero attached hydrogens (tertiary/aromatic N) is 6. The Balaban J connectivity index is 0.000000173. The number of fused-ring (bicyclic) bond motifs is 2. The fourth-order valence-electron chi connectivity index (χ4n) is 7.28. The number of aryl methyl sites for hydroxylation is 2. The lowest BCUT2D eigenvalue weighted by Gasteiger charge is -2.12. The molecule has 0 atom stereocenters. The van der Waals surface area contributed by atoms with E-state index in [4.69, 9.17) is 9.84 Å². The van der Waals surface area contributed by atoms with Crippen molar-refractivity contribution in [2.24, 2.45) is 11.8 Å². The summed E-state index contributed by atoms with van der Waals surface area (Å²) >= 11 is 3.43. The van der Waals surface area contributed by atoms with E-state index in [0.717, 1.165) is 63.3 Å². The molecule has 3 aromatic carbocycles. The van der Waals surface area contributed by atoms with Gasteiger partial charge in [-0.15, -0.1) is 5.10 Å². The molecule has 0 unspecified atom stereocenters. The number of rotatable bonds is 16. The summed E-state index contributed by atoms with van der Waals surface area (Å²) in [6.45, 7) is 4.65. The molecule has 0 spiro atoms. The van der Waals surface area contributed by atoms with E-state index in [0.29, 0.717) is 65.1 Å². The summed E-state index contributed by atoms with van der Waals surface area (Å²) in [6.07, 6.45) is 9.39. The van der Waals surface area contributed by atoms with Crippen LogP contribution in [0.1, 0.15) is 70.4 Å². The number of anilines is 2. The van der Waals surface area contributed by atoms with Crippen LogP contribution in [0.2, 0.25) is 0 Å². The number of Topliss-reactive ketones (excluding diaryl/α,β-unsaturated/α-hetero) is 2. The smallest absolute Gasteiger partial charge is 0.239 e. The summed E-state index contributed by atoms with van der Waals surface area (Å²) in [5.41, 5.74) is 9.48. The third-order valence-corrected chi connectivity index (χ3v) is 11.1. The normalized spacial score (nSPS) is 13.5. The van der Waals surface area contributed by atoms with Crippen LogP contribution in [0.5, 0.6) is 11.6 Å². The van der Waals surface area contributed by atoms with Crippen molar-refractivity contribution < 1.29 is 28.9 Å². The fraction of sp³-hybridized carbons (Fsp3) is 0.304. The van der Waals surface area contributed by atoms with Crippen LogP contribution in [0.25, 0.3) is 33.8 Å². The molecule has 61 heavy (non-hydrogen) atoms. The molecule has 9 rings (SSSR count). The van der Waals surface area contributed by atoms with Crippen molar-refractivity contribution in [3.63, 3.8) is 0 Å². The Hall–Kier alpha value is -6.03. The minimum Gasteiger partial charge on any atom is -0.437 e. The molecular formula is C46H46BrFN8O5. The van der Waals surface area contributed by atoms with E-state index >= 15 is 0 Å². The lowest BCUT2D eigenvalue weighted by Crippen LogP contribution is -2.09. The second kappa shape index (κ2) is 18.3. The first-order chi connectivity index (χ1) is 29.6. The molecule has 314 valence electrons. The van der Waals surface area contributed by atoms with Gasteiger partial charge < -0.3 is 25.6 Å². The maximum atomic E-state index is 13.6. The molecule has 0 amide bonds. The third-order valence-electron chi connectivity index (χ3n) is 10.7. The number of imidazole rings is 2. The summed E-state index contributed by atoms with van der Waals surface area (Å²) < 4.78 is 23.5. The summed E-state index contributed by atoms with van der Waals surface area (Å²) in [5, 5.41) is 33.7. The largest absolute Gasteiger partial charge is 0.437 e. The molecule has 15 heteroatoms. The molecule has 0 saturated heterocycles. The summed E-state index contributed by atoms with van der Waals surface area (Å²) in [5.74, 6) is 1.69. The number of nitrogens with one attached hydrogen (secondary N) is 2. The van der Waals surface area contributed by atoms with Gasteiger partial charge in [-0.25, -0.2) is 23.4 Å². The molecule has 2 saturated carbocycles. The number of benzene rings is 3. The molecule has 4 heterocycles. The van der Waals surface area contributed by atoms with Crippen molar-refractivity contribution >= 4 is 50.2 Å². The molecule has 0 bridgehead atoms. The standard InChI is InChI=1S/C26H25FN4O3.C20H21BrN4O2/c1-16-11-18(7-8-21(16)24(33)12-17-5-6-17)23-15-29-26-22(28-9-10-32)14-25(30-31(23)26)34-20-4-2-3-19(27)13-20;1-12-8-14(4-5-15(12)18(27)9-13-2-3-13)17-11-23-20-16(22-6-7-26)10-19(21)24-25(17)20/h2-4,7-8,11,13-15,17,28,32H,5-6,9-10,12H2,1H3;4-5,8,10-11,13,22,26H,2-3,6-7,9H2,1H3. The number of carbonyl (C=O) groups is 2. The van der Waals surface area contributed by atoms with Gasteiger partial charge in [0.05, 0.1) is 48.4 Å². The number of aromatic nitrogens is 6. The van der Waals surface area contributed by atoms with Gasteiger partial charge in [0.25, 0.3) is 0 Å². The Kier molecular flexibility index (Phi) is 12.5. The summed E-state index contributed by atoms with van der Waals surface area (Å²) in [4.78, 5) is 34.1. The SMILES string of the molecule is Cc1cc(-c2cnc3c(NCCO)cc(Br)nn23)ccc1C(=O)CC1CC1.Cc1cc(-c2cnc3c(NCCO)cc(Oc4cccc(F)c4)nn23)ccc1C(=O)CC1CC1. The maximum Gasteiger partial charge on any atom is 0.239 e. The lowest BCUT2D eigenvalue weighted by molar-refractivity contribution is 0.0967. The van der Waals surface area contributed by atoms with Crippen LogP contribution in [0, 0.1) is 31.5 Å². The number of aliphatic hydroxyl groups excluding tert-OH is 2. The van der Waals surface area contributed by atoms with E-state index < -0.39 is 5.82 Å². The number of hydrogen-bond acceptors (Lipinski definition) is 11. The van der Waals surface area contributed by atoms with E-state index in [2.05, 4.69) is 46.7 Å². The lowest BCUT2D eigenvalue weighted by atomic mass is 9.98. The Morgan fingerprint density at radius 1 is 0.738 bits per heavy atom. The number of ether oxygens (including phenoxy) is 1. The van der Waals surface area contributed by atoms with Crippen LogP contribution >= 0.6 is 15.9 Å². The van der Waals surface area contributed by atoms with Gasteiger partial charge in [0, 0.05) is 60.3 Å². The van der Waals surface area contributed by atoms with Crippen molar-refractivity contribution in [3.8, 4) is 34.1 Å². The van der Waals surface area contributed by atoms with E-state index in [1.54, 1.807) is 39.6 Å². The third kappa shape index (κ3) is 9.80. The number of halogens is 2. The van der Waals surface area contributed by atoms with Crippen LogP contribution in [-0.2, 0) is 0 Å². The van der Waals surface area contributed by atoms with E-state index in [-0.39, 0.29) is 30.7 Å². The monoisotopic (exact) mass is 888 g/mol. The van der Waals surface area contributed by atoms with Gasteiger partial charge in [-0.2, -0.15) is 5.10 Å². The van der Waals surface area contributed by atoms with E-state index in [1.807, 2.05) is 56.3 Å². The first-order valence-electron chi connectivity index (χ1n) is 20.4. The molecule has 7 aromatic rings. The topological polar surface area (TPSA) is 168 Å². The zero-order chi connectivity index (χ0) is 42.6. The predicted molar refractivity (Wildman–Crippen MR) is 235 cm³/mol. The van der Waals surface area contributed by atoms with Gasteiger partial charge in [0.1, 0.15) is 16.2 Å². The van der Waals surface area contributed by atoms with Crippen molar-refractivity contribution in [2.45, 2.75) is 52.4 Å². The number of aliphatic hydroxyl groups is 2. The molecule has 2 aliphatic rings. The number of hydrogen-bond donors (Lipinski definition) is 4. The Morgan fingerprint density at radius 3 is 1.75 bits per heavy atom. The number of ketones is 2. The van der Waals surface area contributed by atoms with Crippen LogP contribution < -0.4 is 15.4 Å². The summed E-state index contributed by atoms with van der Waals surface area (Å²) in [7, 11) is 0. The van der Waals surface area contributed by atoms with Gasteiger partial charge >= 0.3 is 0 Å². The van der Waals surface area contributed by atoms with Crippen LogP contribution in [0.15, 0.2) is 89.8 Å². The Bertz CT molecular complexity index is 2740. The highest BCUT2D eigenvalue weighted by molar-refractivity contribution is 9.10. The summed E-state index contributed by atoms with van der Waals surface area (Å²) in [6, 6.07) is 21.0. The fourth-order valence-corrected chi connectivity index (χ4v) is 7.67. The maximum absolute atomic E-state index is 13.6. The van der Waals surface area contributed by atoms with E-state index in [9.17, 15) is 19.1 Å². The minimum atomic E-state index is -0.410. The average Bonchev–Trinajstić information content (AvgIpc) is 4.16. The van der Waals surface area contributed by atoms with Gasteiger partial charge in [0.15, 0.2) is 22.9 Å². The van der Waals surface area contributed by atoms with E-state index in [1.165, 1.54) is 25.0 Å². The zero-order valence-corrected chi connectivity index (χ0v) is 35.5. The average molecular weight is 890 g/mol. The number of carbonyl (C=O) groups excluding carboxylic acids is 2. The van der Waals surface area contributed by atoms with Crippen molar-refractivity contribution in [1.82, 2.24) is 29.2 Å². The Morgan fingerprint density at radius 2 is 1.26 bits per heavy atom. The molecule has 2 fully saturated rings. The van der Waals surface area contributed by atoms with Gasteiger partial charge in [-0.1, -0.05) is 30.3 Å².